The molecule has 1 aliphatic heterocycles. The number of anilines is 2. The van der Waals surface area contributed by atoms with Crippen molar-refractivity contribution >= 4 is 69.7 Å². The van der Waals surface area contributed by atoms with Crippen molar-refractivity contribution in [3.8, 4) is 0 Å². The zero-order valence-electron chi connectivity index (χ0n) is 20.8. The topological polar surface area (TPSA) is 78.9 Å². The highest BCUT2D eigenvalue weighted by Crippen LogP contribution is 2.29. The van der Waals surface area contributed by atoms with Crippen molar-refractivity contribution in [2.45, 2.75) is 25.8 Å². The Kier molecular flexibility index (Phi) is 9.16. The first-order valence-corrected chi connectivity index (χ1v) is 13.3. The fourth-order valence-corrected chi connectivity index (χ4v) is 5.09. The molecule has 1 aliphatic rings. The third kappa shape index (κ3) is 6.73. The van der Waals surface area contributed by atoms with Gasteiger partial charge in [0.05, 0.1) is 24.3 Å². The Bertz CT molecular complexity index is 1400. The molecule has 7 nitrogen and oxygen atoms in total. The summed E-state index contributed by atoms with van der Waals surface area (Å²) in [6.07, 6.45) is 0.247. The van der Waals surface area contributed by atoms with Crippen LogP contribution in [0.3, 0.4) is 0 Å². The molecule has 0 unspecified atom stereocenters. The average Bonchev–Trinajstić information content (AvgIpc) is 3.13. The SMILES string of the molecule is CCOC(=O)c1ccc(N2C(=O)[C@H](CC(=O)Nc3ccc(F)cc3)N(CCc3ccc(Cl)cc3Cl)C2=S)cc1. The van der Waals surface area contributed by atoms with Gasteiger partial charge in [-0.3, -0.25) is 14.5 Å². The number of carbonyl (C=O) groups excluding carboxylic acids is 3. The van der Waals surface area contributed by atoms with Crippen molar-refractivity contribution in [1.29, 1.82) is 0 Å². The van der Waals surface area contributed by atoms with Crippen LogP contribution in [0, 0.1) is 5.82 Å². The molecule has 0 aliphatic carbocycles. The normalized spacial score (nSPS) is 15.0. The molecule has 0 radical (unpaired) electrons. The van der Waals surface area contributed by atoms with Crippen molar-refractivity contribution in [3.05, 3.63) is 93.7 Å². The summed E-state index contributed by atoms with van der Waals surface area (Å²) in [5.41, 5.74) is 2.00. The van der Waals surface area contributed by atoms with Gasteiger partial charge in [0.15, 0.2) is 5.11 Å². The Hall–Kier alpha value is -3.53. The molecule has 0 spiro atoms. The molecular formula is C28H24Cl2FN3O4S. The molecule has 3 aromatic carbocycles. The van der Waals surface area contributed by atoms with E-state index in [1.807, 2.05) is 0 Å². The van der Waals surface area contributed by atoms with Crippen LogP contribution in [0.1, 0.15) is 29.3 Å². The van der Waals surface area contributed by atoms with Crippen molar-refractivity contribution in [2.75, 3.05) is 23.4 Å². The Labute approximate surface area is 240 Å². The largest absolute Gasteiger partial charge is 0.462 e. The number of ether oxygens (including phenoxy) is 1. The second-order valence-corrected chi connectivity index (χ2v) is 9.89. The van der Waals surface area contributed by atoms with Crippen molar-refractivity contribution in [1.82, 2.24) is 4.90 Å². The fourth-order valence-electron chi connectivity index (χ4n) is 4.17. The first-order chi connectivity index (χ1) is 18.7. The molecule has 1 saturated heterocycles. The molecule has 0 saturated carbocycles. The van der Waals surface area contributed by atoms with E-state index >= 15 is 0 Å². The summed E-state index contributed by atoms with van der Waals surface area (Å²) in [7, 11) is 0. The molecule has 4 rings (SSSR count). The van der Waals surface area contributed by atoms with Crippen LogP contribution in [0.4, 0.5) is 15.8 Å². The molecule has 3 aromatic rings. The van der Waals surface area contributed by atoms with Crippen molar-refractivity contribution in [3.63, 3.8) is 0 Å². The lowest BCUT2D eigenvalue weighted by atomic mass is 10.1. The van der Waals surface area contributed by atoms with Gasteiger partial charge in [0.1, 0.15) is 11.9 Å². The number of thiocarbonyl (C=S) groups is 1. The highest BCUT2D eigenvalue weighted by atomic mass is 35.5. The van der Waals surface area contributed by atoms with Gasteiger partial charge in [-0.15, -0.1) is 0 Å². The monoisotopic (exact) mass is 587 g/mol. The summed E-state index contributed by atoms with van der Waals surface area (Å²) in [4.78, 5) is 41.6. The van der Waals surface area contributed by atoms with Gasteiger partial charge in [0.2, 0.25) is 5.91 Å². The molecular weight excluding hydrogens is 564 g/mol. The number of amides is 2. The molecule has 1 heterocycles. The van der Waals surface area contributed by atoms with E-state index in [-0.39, 0.29) is 24.0 Å². The third-order valence-corrected chi connectivity index (χ3v) is 7.10. The maximum atomic E-state index is 13.6. The zero-order valence-corrected chi connectivity index (χ0v) is 23.2. The van der Waals surface area contributed by atoms with Crippen LogP contribution in [0.5, 0.6) is 0 Å². The predicted molar refractivity (Wildman–Crippen MR) is 153 cm³/mol. The minimum atomic E-state index is -0.895. The minimum absolute atomic E-state index is 0.192. The van der Waals surface area contributed by atoms with Crippen LogP contribution in [0.15, 0.2) is 66.7 Å². The summed E-state index contributed by atoms with van der Waals surface area (Å²) in [6, 6.07) is 15.9. The molecule has 0 bridgehead atoms. The number of rotatable bonds is 9. The number of esters is 1. The van der Waals surface area contributed by atoms with E-state index in [2.05, 4.69) is 5.32 Å². The second-order valence-electron chi connectivity index (χ2n) is 8.68. The maximum absolute atomic E-state index is 13.6. The second kappa shape index (κ2) is 12.5. The predicted octanol–water partition coefficient (Wildman–Crippen LogP) is 5.88. The quantitative estimate of drug-likeness (QED) is 0.249. The summed E-state index contributed by atoms with van der Waals surface area (Å²) >= 11 is 18.1. The van der Waals surface area contributed by atoms with E-state index < -0.39 is 23.7 Å². The van der Waals surface area contributed by atoms with E-state index in [0.717, 1.165) is 5.56 Å². The zero-order chi connectivity index (χ0) is 28.1. The van der Waals surface area contributed by atoms with Gasteiger partial charge in [-0.1, -0.05) is 29.3 Å². The van der Waals surface area contributed by atoms with Gasteiger partial charge in [0.25, 0.3) is 5.91 Å². The summed E-state index contributed by atoms with van der Waals surface area (Å²) in [6.45, 7) is 2.26. The van der Waals surface area contributed by atoms with Crippen LogP contribution in [-0.2, 0) is 20.7 Å². The molecule has 2 amide bonds. The number of nitrogens with zero attached hydrogens (tertiary/aromatic N) is 2. The third-order valence-electron chi connectivity index (χ3n) is 6.10. The van der Waals surface area contributed by atoms with Crippen LogP contribution < -0.4 is 10.2 Å². The lowest BCUT2D eigenvalue weighted by Gasteiger charge is -2.24. The van der Waals surface area contributed by atoms with E-state index in [0.29, 0.717) is 39.9 Å². The first kappa shape index (κ1) is 28.5. The first-order valence-electron chi connectivity index (χ1n) is 12.1. The van der Waals surface area contributed by atoms with Crippen molar-refractivity contribution in [2.24, 2.45) is 0 Å². The highest BCUT2D eigenvalue weighted by molar-refractivity contribution is 7.80. The van der Waals surface area contributed by atoms with E-state index in [9.17, 15) is 18.8 Å². The Morgan fingerprint density at radius 3 is 2.38 bits per heavy atom. The summed E-state index contributed by atoms with van der Waals surface area (Å²) in [5.74, 6) is -1.73. The highest BCUT2D eigenvalue weighted by Gasteiger charge is 2.44. The Balaban J connectivity index is 1.57. The van der Waals surface area contributed by atoms with Gasteiger partial charge in [-0.2, -0.15) is 0 Å². The number of halogens is 3. The molecule has 1 atom stereocenters. The smallest absolute Gasteiger partial charge is 0.338 e. The molecule has 11 heteroatoms. The van der Waals surface area contributed by atoms with Crippen molar-refractivity contribution < 1.29 is 23.5 Å². The van der Waals surface area contributed by atoms with Crippen LogP contribution in [-0.4, -0.2) is 47.0 Å². The molecule has 0 aromatic heterocycles. The number of nitrogens with one attached hydrogen (secondary N) is 1. The van der Waals surface area contributed by atoms with Gasteiger partial charge < -0.3 is 15.0 Å². The molecule has 1 fully saturated rings. The van der Waals surface area contributed by atoms with Gasteiger partial charge in [0, 0.05) is 22.3 Å². The number of hydrogen-bond donors (Lipinski definition) is 1. The van der Waals surface area contributed by atoms with Gasteiger partial charge in [-0.05, 0) is 91.8 Å². The van der Waals surface area contributed by atoms with Crippen LogP contribution in [0.25, 0.3) is 0 Å². The lowest BCUT2D eigenvalue weighted by Crippen LogP contribution is -2.39. The minimum Gasteiger partial charge on any atom is -0.462 e. The number of benzene rings is 3. The lowest BCUT2D eigenvalue weighted by molar-refractivity contribution is -0.124. The standard InChI is InChI=1S/C28H24Cl2FN3O4S/c1-2-38-27(37)18-4-11-22(12-5-18)34-26(36)24(16-25(35)32-21-9-7-20(31)8-10-21)33(28(34)39)14-13-17-3-6-19(29)15-23(17)30/h3-12,15,24H,2,13-14,16H2,1H3,(H,32,35)/t24-/m0/s1. The number of hydrogen-bond acceptors (Lipinski definition) is 5. The van der Waals surface area contributed by atoms with E-state index in [1.54, 1.807) is 54.3 Å². The van der Waals surface area contributed by atoms with Gasteiger partial charge >= 0.3 is 5.97 Å². The molecule has 202 valence electrons. The van der Waals surface area contributed by atoms with Crippen LogP contribution >= 0.6 is 35.4 Å². The summed E-state index contributed by atoms with van der Waals surface area (Å²) < 4.78 is 18.3. The van der Waals surface area contributed by atoms with E-state index in [1.165, 1.54) is 29.2 Å². The maximum Gasteiger partial charge on any atom is 0.338 e. The Morgan fingerprint density at radius 2 is 1.74 bits per heavy atom. The fraction of sp³-hybridized carbons (Fsp3) is 0.214. The molecule has 39 heavy (non-hydrogen) atoms. The summed E-state index contributed by atoms with van der Waals surface area (Å²) in [5, 5.41) is 3.90. The Morgan fingerprint density at radius 1 is 1.05 bits per heavy atom. The van der Waals surface area contributed by atoms with Crippen LogP contribution in [0.2, 0.25) is 10.0 Å². The molecule has 1 N–H and O–H groups in total. The van der Waals surface area contributed by atoms with E-state index in [4.69, 9.17) is 40.2 Å². The van der Waals surface area contributed by atoms with Gasteiger partial charge in [-0.25, -0.2) is 9.18 Å². The number of carbonyl (C=O) groups is 3. The average molecular weight is 588 g/mol.